The van der Waals surface area contributed by atoms with Crippen LogP contribution in [0.1, 0.15) is 60.8 Å². The minimum Gasteiger partial charge on any atom is -0.331 e. The highest BCUT2D eigenvalue weighted by atomic mass is 32.1. The summed E-state index contributed by atoms with van der Waals surface area (Å²) in [5, 5.41) is 11.2. The second kappa shape index (κ2) is 11.2. The van der Waals surface area contributed by atoms with E-state index in [0.717, 1.165) is 58.5 Å². The number of nitrogens with zero attached hydrogens (tertiary/aromatic N) is 6. The molecule has 2 aromatic carbocycles. The number of imidazole rings is 1. The van der Waals surface area contributed by atoms with E-state index in [1.54, 1.807) is 21.8 Å². The van der Waals surface area contributed by atoms with E-state index in [-0.39, 0.29) is 24.3 Å². The van der Waals surface area contributed by atoms with E-state index < -0.39 is 12.2 Å². The van der Waals surface area contributed by atoms with Crippen LogP contribution in [-0.4, -0.2) is 60.9 Å². The highest BCUT2D eigenvalue weighted by molar-refractivity contribution is 7.13. The number of likely N-dealkylation sites (N-methyl/N-ethyl adjacent to an activating group) is 1. The number of fused-ring (bicyclic) bond motifs is 2. The van der Waals surface area contributed by atoms with E-state index in [2.05, 4.69) is 78.2 Å². The van der Waals surface area contributed by atoms with Crippen molar-refractivity contribution in [2.45, 2.75) is 71.1 Å². The Labute approximate surface area is 260 Å². The van der Waals surface area contributed by atoms with Crippen LogP contribution in [0.5, 0.6) is 0 Å². The van der Waals surface area contributed by atoms with E-state index in [1.165, 1.54) is 29.7 Å². The van der Waals surface area contributed by atoms with Crippen LogP contribution in [0, 0.1) is 13.8 Å². The zero-order valence-electron chi connectivity index (χ0n) is 25.7. The van der Waals surface area contributed by atoms with Gasteiger partial charge in [-0.05, 0) is 67.6 Å². The first-order valence-corrected chi connectivity index (χ1v) is 16.4. The van der Waals surface area contributed by atoms with Gasteiger partial charge in [0.2, 0.25) is 0 Å². The SMILES string of the molecule is CCN(CC)CC1(c2ccc(-c3cc(C)c4cn(C(C(=O)Nc5nccs5)c5ncn6c5CC(F)C6)nc4c3C)cc2)CC1. The molecule has 1 saturated carbocycles. The van der Waals surface area contributed by atoms with Gasteiger partial charge in [-0.15, -0.1) is 11.3 Å². The molecule has 3 aromatic heterocycles. The molecule has 10 heteroatoms. The van der Waals surface area contributed by atoms with Crippen LogP contribution in [0.4, 0.5) is 9.52 Å². The van der Waals surface area contributed by atoms with Gasteiger partial charge in [0.15, 0.2) is 11.2 Å². The first-order valence-electron chi connectivity index (χ1n) is 15.5. The van der Waals surface area contributed by atoms with Crippen LogP contribution in [0.3, 0.4) is 0 Å². The number of thiazole rings is 1. The smallest absolute Gasteiger partial charge is 0.257 e. The minimum absolute atomic E-state index is 0.228. The summed E-state index contributed by atoms with van der Waals surface area (Å²) in [6.07, 6.45) is 6.93. The van der Waals surface area contributed by atoms with E-state index in [0.29, 0.717) is 10.8 Å². The number of halogens is 1. The Morgan fingerprint density at radius 1 is 1.18 bits per heavy atom. The summed E-state index contributed by atoms with van der Waals surface area (Å²) in [7, 11) is 0. The van der Waals surface area contributed by atoms with Crippen molar-refractivity contribution in [2.24, 2.45) is 0 Å². The van der Waals surface area contributed by atoms with Crippen molar-refractivity contribution in [1.82, 2.24) is 29.2 Å². The molecule has 1 aliphatic carbocycles. The van der Waals surface area contributed by atoms with Crippen LogP contribution in [0.25, 0.3) is 22.0 Å². The van der Waals surface area contributed by atoms with Crippen molar-refractivity contribution in [3.63, 3.8) is 0 Å². The fourth-order valence-electron chi connectivity index (χ4n) is 6.83. The monoisotopic (exact) mass is 611 g/mol. The molecule has 2 atom stereocenters. The highest BCUT2D eigenvalue weighted by Gasteiger charge is 2.45. The molecule has 8 nitrogen and oxygen atoms in total. The van der Waals surface area contributed by atoms with Crippen LogP contribution < -0.4 is 5.32 Å². The van der Waals surface area contributed by atoms with Gasteiger partial charge in [-0.3, -0.25) is 14.8 Å². The summed E-state index contributed by atoms with van der Waals surface area (Å²) in [4.78, 5) is 25.1. The topological polar surface area (TPSA) is 80.9 Å². The summed E-state index contributed by atoms with van der Waals surface area (Å²) in [5.41, 5.74) is 8.23. The molecular formula is C34H38FN7OS. The van der Waals surface area contributed by atoms with Gasteiger partial charge >= 0.3 is 0 Å². The largest absolute Gasteiger partial charge is 0.331 e. The Balaban J connectivity index is 1.25. The molecule has 2 unspecified atom stereocenters. The second-order valence-corrected chi connectivity index (χ2v) is 13.2. The number of benzene rings is 2. The van der Waals surface area contributed by atoms with Crippen LogP contribution in [0.2, 0.25) is 0 Å². The molecule has 0 spiro atoms. The predicted molar refractivity (Wildman–Crippen MR) is 173 cm³/mol. The second-order valence-electron chi connectivity index (χ2n) is 12.3. The molecule has 0 saturated heterocycles. The Bertz CT molecular complexity index is 1820. The lowest BCUT2D eigenvalue weighted by atomic mass is 9.91. The molecule has 1 amide bonds. The number of carbonyl (C=O) groups excluding carboxylic acids is 1. The van der Waals surface area contributed by atoms with E-state index >= 15 is 0 Å². The first kappa shape index (κ1) is 28.9. The number of anilines is 1. The molecule has 228 valence electrons. The lowest BCUT2D eigenvalue weighted by Crippen LogP contribution is -2.32. The third-order valence-electron chi connectivity index (χ3n) is 9.58. The summed E-state index contributed by atoms with van der Waals surface area (Å²) in [6.45, 7) is 12.2. The molecule has 2 aliphatic rings. The number of hydrogen-bond donors (Lipinski definition) is 1. The van der Waals surface area contributed by atoms with E-state index in [1.807, 2.05) is 11.6 Å². The fourth-order valence-corrected chi connectivity index (χ4v) is 7.37. The average Bonchev–Trinajstić information content (AvgIpc) is 3.43. The van der Waals surface area contributed by atoms with Crippen LogP contribution in [0.15, 0.2) is 54.4 Å². The Morgan fingerprint density at radius 2 is 1.95 bits per heavy atom. The zero-order chi connectivity index (χ0) is 30.6. The predicted octanol–water partition coefficient (Wildman–Crippen LogP) is 6.47. The number of carbonyl (C=O) groups is 1. The van der Waals surface area contributed by atoms with Crippen molar-refractivity contribution >= 4 is 33.3 Å². The quantitative estimate of drug-likeness (QED) is 0.196. The number of hydrogen-bond acceptors (Lipinski definition) is 6. The maximum Gasteiger partial charge on any atom is 0.257 e. The molecule has 0 radical (unpaired) electrons. The highest BCUT2D eigenvalue weighted by Crippen LogP contribution is 2.49. The molecule has 1 N–H and O–H groups in total. The van der Waals surface area contributed by atoms with Gasteiger partial charge in [-0.25, -0.2) is 14.4 Å². The van der Waals surface area contributed by atoms with Gasteiger partial charge in [0, 0.05) is 47.2 Å². The lowest BCUT2D eigenvalue weighted by Gasteiger charge is -2.25. The average molecular weight is 612 g/mol. The van der Waals surface area contributed by atoms with Gasteiger partial charge in [0.25, 0.3) is 5.91 Å². The summed E-state index contributed by atoms with van der Waals surface area (Å²) >= 11 is 1.35. The number of nitrogens with one attached hydrogen (secondary N) is 1. The number of rotatable bonds is 10. The maximum absolute atomic E-state index is 14.4. The van der Waals surface area contributed by atoms with Crippen molar-refractivity contribution in [2.75, 3.05) is 25.0 Å². The lowest BCUT2D eigenvalue weighted by molar-refractivity contribution is -0.118. The maximum atomic E-state index is 14.4. The molecule has 5 aromatic rings. The van der Waals surface area contributed by atoms with Crippen molar-refractivity contribution in [3.05, 3.63) is 82.5 Å². The Morgan fingerprint density at radius 3 is 2.64 bits per heavy atom. The van der Waals surface area contributed by atoms with E-state index in [4.69, 9.17) is 5.10 Å². The van der Waals surface area contributed by atoms with E-state index in [9.17, 15) is 9.18 Å². The van der Waals surface area contributed by atoms with Gasteiger partial charge in [-0.1, -0.05) is 44.2 Å². The summed E-state index contributed by atoms with van der Waals surface area (Å²) in [6, 6.07) is 10.5. The molecule has 7 rings (SSSR count). The molecule has 44 heavy (non-hydrogen) atoms. The van der Waals surface area contributed by atoms with Crippen molar-refractivity contribution in [1.29, 1.82) is 0 Å². The molecule has 1 fully saturated rings. The minimum atomic E-state index is -0.989. The number of amides is 1. The number of aryl methyl sites for hydroxylation is 2. The number of aromatic nitrogens is 5. The molecule has 4 heterocycles. The number of alkyl halides is 1. The molecule has 0 bridgehead atoms. The Kier molecular flexibility index (Phi) is 7.37. The van der Waals surface area contributed by atoms with Crippen molar-refractivity contribution in [3.8, 4) is 11.1 Å². The standard InChI is InChI=1S/C34H38FN7OS/c1-5-40(6-2)19-34(11-12-34)24-9-7-23(8-10-24)26-15-21(3)27-18-42(39-29(27)22(26)4)31(32(43)38-33-36-13-14-44-33)30-28-16-25(35)17-41(28)20-37-30/h7-10,13-15,18,20,25,31H,5-6,11-12,16-17,19H2,1-4H3,(H,36,38,43). The molecular weight excluding hydrogens is 573 g/mol. The molecule has 1 aliphatic heterocycles. The Hall–Kier alpha value is -3.89. The van der Waals surface area contributed by atoms with Crippen molar-refractivity contribution < 1.29 is 9.18 Å². The van der Waals surface area contributed by atoms with Gasteiger partial charge in [0.05, 0.1) is 24.1 Å². The van der Waals surface area contributed by atoms with Gasteiger partial charge in [-0.2, -0.15) is 5.10 Å². The van der Waals surface area contributed by atoms with Gasteiger partial charge < -0.3 is 9.47 Å². The normalized spacial score (nSPS) is 17.7. The van der Waals surface area contributed by atoms with Gasteiger partial charge in [0.1, 0.15) is 6.17 Å². The first-order chi connectivity index (χ1) is 21.3. The summed E-state index contributed by atoms with van der Waals surface area (Å²) < 4.78 is 17.9. The van der Waals surface area contributed by atoms with Crippen LogP contribution >= 0.6 is 11.3 Å². The summed E-state index contributed by atoms with van der Waals surface area (Å²) in [5.74, 6) is -0.304. The third kappa shape index (κ3) is 5.03. The van der Waals surface area contributed by atoms with Crippen LogP contribution in [-0.2, 0) is 23.2 Å². The zero-order valence-corrected chi connectivity index (χ0v) is 26.5. The fraction of sp³-hybridized carbons (Fsp3) is 0.412. The third-order valence-corrected chi connectivity index (χ3v) is 10.3.